The van der Waals surface area contributed by atoms with E-state index in [1.54, 1.807) is 12.1 Å². The molecule has 1 aromatic carbocycles. The zero-order chi connectivity index (χ0) is 15.6. The average molecular weight is 331 g/mol. The predicted molar refractivity (Wildman–Crippen MR) is 81.1 cm³/mol. The van der Waals surface area contributed by atoms with Crippen LogP contribution in [0.1, 0.15) is 16.1 Å². The Kier molecular flexibility index (Phi) is 4.45. The predicted octanol–water partition coefficient (Wildman–Crippen LogP) is 1.03. The molecular formula is C12H14FN3O3S2. The minimum Gasteiger partial charge on any atom is -0.397 e. The fraction of sp³-hybridized carbons (Fsp3) is 0.250. The van der Waals surface area contributed by atoms with Gasteiger partial charge in [0.05, 0.1) is 16.8 Å². The van der Waals surface area contributed by atoms with Crippen molar-refractivity contribution in [1.29, 1.82) is 0 Å². The molecule has 1 aromatic heterocycles. The summed E-state index contributed by atoms with van der Waals surface area (Å²) in [6, 6.07) is 4.50. The third-order valence-corrected chi connectivity index (χ3v) is 4.83. The van der Waals surface area contributed by atoms with E-state index in [0.29, 0.717) is 4.70 Å². The van der Waals surface area contributed by atoms with Crippen LogP contribution in [0.2, 0.25) is 0 Å². The van der Waals surface area contributed by atoms with E-state index < -0.39 is 21.7 Å². The molecule has 0 bridgehead atoms. The minimum absolute atomic E-state index is 0.0945. The summed E-state index contributed by atoms with van der Waals surface area (Å²) in [6.45, 7) is 0.144. The second-order valence-electron chi connectivity index (χ2n) is 4.43. The van der Waals surface area contributed by atoms with Crippen LogP contribution in [0.5, 0.6) is 0 Å². The molecule has 0 atom stereocenters. The van der Waals surface area contributed by atoms with Crippen LogP contribution >= 0.6 is 11.3 Å². The maximum atomic E-state index is 13.7. The van der Waals surface area contributed by atoms with Crippen molar-refractivity contribution >= 4 is 43.0 Å². The smallest absolute Gasteiger partial charge is 0.263 e. The van der Waals surface area contributed by atoms with Crippen LogP contribution in [-0.2, 0) is 10.0 Å². The largest absolute Gasteiger partial charge is 0.397 e. The van der Waals surface area contributed by atoms with E-state index in [2.05, 4.69) is 5.32 Å². The first-order chi connectivity index (χ1) is 9.79. The SMILES string of the molecule is Nc1c(C(=O)NCCCS(N)(=O)=O)sc2cccc(F)c12. The van der Waals surface area contributed by atoms with Gasteiger partial charge in [-0.3, -0.25) is 4.79 Å². The molecule has 1 heterocycles. The number of halogens is 1. The van der Waals surface area contributed by atoms with Crippen LogP contribution in [0.15, 0.2) is 18.2 Å². The van der Waals surface area contributed by atoms with Crippen LogP contribution in [0.25, 0.3) is 10.1 Å². The molecule has 0 unspecified atom stereocenters. The quantitative estimate of drug-likeness (QED) is 0.710. The van der Waals surface area contributed by atoms with Gasteiger partial charge in [-0.15, -0.1) is 11.3 Å². The van der Waals surface area contributed by atoms with E-state index in [9.17, 15) is 17.6 Å². The van der Waals surface area contributed by atoms with Gasteiger partial charge in [-0.1, -0.05) is 6.07 Å². The molecule has 2 aromatic rings. The van der Waals surface area contributed by atoms with Crippen molar-refractivity contribution in [2.24, 2.45) is 5.14 Å². The number of hydrogen-bond donors (Lipinski definition) is 3. The topological polar surface area (TPSA) is 115 Å². The van der Waals surface area contributed by atoms with Crippen LogP contribution < -0.4 is 16.2 Å². The number of rotatable bonds is 5. The summed E-state index contributed by atoms with van der Waals surface area (Å²) >= 11 is 1.09. The molecular weight excluding hydrogens is 317 g/mol. The Morgan fingerprint density at radius 1 is 1.38 bits per heavy atom. The van der Waals surface area contributed by atoms with Crippen LogP contribution in [-0.4, -0.2) is 26.6 Å². The highest BCUT2D eigenvalue weighted by Crippen LogP contribution is 2.35. The summed E-state index contributed by atoms with van der Waals surface area (Å²) in [4.78, 5) is 12.2. The standard InChI is InChI=1S/C12H14FN3O3S2/c13-7-3-1-4-8-9(7)10(14)11(20-8)12(17)16-5-2-6-21(15,18)19/h1,3-4H,2,5-6,14H2,(H,16,17)(H2,15,18,19). The zero-order valence-corrected chi connectivity index (χ0v) is 12.6. The lowest BCUT2D eigenvalue weighted by Crippen LogP contribution is -2.27. The average Bonchev–Trinajstić information content (AvgIpc) is 2.72. The van der Waals surface area contributed by atoms with Crippen molar-refractivity contribution in [2.45, 2.75) is 6.42 Å². The first-order valence-electron chi connectivity index (χ1n) is 6.05. The molecule has 114 valence electrons. The van der Waals surface area contributed by atoms with Gasteiger partial charge >= 0.3 is 0 Å². The highest BCUT2D eigenvalue weighted by molar-refractivity contribution is 7.89. The van der Waals surface area contributed by atoms with E-state index in [1.807, 2.05) is 0 Å². The molecule has 9 heteroatoms. The van der Waals surface area contributed by atoms with Gasteiger partial charge in [0.15, 0.2) is 0 Å². The van der Waals surface area contributed by atoms with Crippen molar-refractivity contribution in [3.05, 3.63) is 28.9 Å². The second-order valence-corrected chi connectivity index (χ2v) is 7.22. The number of amides is 1. The number of sulfonamides is 1. The number of nitrogens with one attached hydrogen (secondary N) is 1. The summed E-state index contributed by atoms with van der Waals surface area (Å²) in [7, 11) is -3.54. The van der Waals surface area contributed by atoms with E-state index in [-0.39, 0.29) is 34.7 Å². The molecule has 0 aliphatic carbocycles. The highest BCUT2D eigenvalue weighted by Gasteiger charge is 2.18. The maximum Gasteiger partial charge on any atom is 0.263 e. The van der Waals surface area contributed by atoms with E-state index in [1.165, 1.54) is 6.07 Å². The summed E-state index contributed by atoms with van der Waals surface area (Å²) in [5, 5.41) is 7.63. The lowest BCUT2D eigenvalue weighted by atomic mass is 10.2. The molecule has 21 heavy (non-hydrogen) atoms. The molecule has 6 nitrogen and oxygen atoms in total. The minimum atomic E-state index is -3.54. The van der Waals surface area contributed by atoms with Gasteiger partial charge in [0.2, 0.25) is 10.0 Å². The van der Waals surface area contributed by atoms with Crippen molar-refractivity contribution in [3.8, 4) is 0 Å². The lowest BCUT2D eigenvalue weighted by molar-refractivity contribution is 0.0958. The van der Waals surface area contributed by atoms with Gasteiger partial charge in [-0.05, 0) is 18.6 Å². The number of nitrogens with two attached hydrogens (primary N) is 2. The molecule has 0 saturated carbocycles. The van der Waals surface area contributed by atoms with Crippen LogP contribution in [0.4, 0.5) is 10.1 Å². The fourth-order valence-corrected chi connectivity index (χ4v) is 3.45. The second kappa shape index (κ2) is 5.96. The molecule has 5 N–H and O–H groups in total. The molecule has 0 spiro atoms. The van der Waals surface area contributed by atoms with Gasteiger partial charge in [0, 0.05) is 11.2 Å². The Balaban J connectivity index is 2.10. The van der Waals surface area contributed by atoms with Gasteiger partial charge < -0.3 is 11.1 Å². The number of benzene rings is 1. The Bertz CT molecular complexity index is 786. The van der Waals surface area contributed by atoms with Crippen molar-refractivity contribution < 1.29 is 17.6 Å². The van der Waals surface area contributed by atoms with Crippen molar-refractivity contribution in [3.63, 3.8) is 0 Å². The number of carbonyl (C=O) groups is 1. The number of fused-ring (bicyclic) bond motifs is 1. The van der Waals surface area contributed by atoms with Crippen LogP contribution in [0.3, 0.4) is 0 Å². The lowest BCUT2D eigenvalue weighted by Gasteiger charge is -2.03. The first-order valence-corrected chi connectivity index (χ1v) is 8.58. The van der Waals surface area contributed by atoms with E-state index >= 15 is 0 Å². The summed E-state index contributed by atoms with van der Waals surface area (Å²) in [6.07, 6.45) is 0.198. The van der Waals surface area contributed by atoms with Gasteiger partial charge in [0.1, 0.15) is 10.7 Å². The fourth-order valence-electron chi connectivity index (χ4n) is 1.85. The number of anilines is 1. The number of carbonyl (C=O) groups excluding carboxylic acids is 1. The van der Waals surface area contributed by atoms with Gasteiger partial charge in [-0.25, -0.2) is 17.9 Å². The number of primary sulfonamides is 1. The first kappa shape index (κ1) is 15.7. The molecule has 0 aliphatic rings. The third kappa shape index (κ3) is 3.69. The Labute approximate surface area is 125 Å². The van der Waals surface area contributed by atoms with E-state index in [0.717, 1.165) is 11.3 Å². The van der Waals surface area contributed by atoms with E-state index in [4.69, 9.17) is 10.9 Å². The Hall–Kier alpha value is -1.71. The molecule has 0 radical (unpaired) electrons. The molecule has 0 aliphatic heterocycles. The van der Waals surface area contributed by atoms with Gasteiger partial charge in [0.25, 0.3) is 5.91 Å². The maximum absolute atomic E-state index is 13.7. The Morgan fingerprint density at radius 2 is 2.10 bits per heavy atom. The van der Waals surface area contributed by atoms with Crippen molar-refractivity contribution in [2.75, 3.05) is 18.0 Å². The zero-order valence-electron chi connectivity index (χ0n) is 10.9. The van der Waals surface area contributed by atoms with Crippen LogP contribution in [0, 0.1) is 5.82 Å². The number of nitrogen functional groups attached to an aromatic ring is 1. The van der Waals surface area contributed by atoms with Crippen molar-refractivity contribution in [1.82, 2.24) is 5.32 Å². The normalized spacial score (nSPS) is 11.7. The Morgan fingerprint density at radius 3 is 2.71 bits per heavy atom. The molecule has 2 rings (SSSR count). The molecule has 0 saturated heterocycles. The highest BCUT2D eigenvalue weighted by atomic mass is 32.2. The summed E-state index contributed by atoms with van der Waals surface area (Å²) in [5.41, 5.74) is 5.90. The van der Waals surface area contributed by atoms with Gasteiger partial charge in [-0.2, -0.15) is 0 Å². The molecule has 0 fully saturated rings. The third-order valence-electron chi connectivity index (χ3n) is 2.80. The number of hydrogen-bond acceptors (Lipinski definition) is 5. The number of thiophene rings is 1. The monoisotopic (exact) mass is 331 g/mol. The summed E-state index contributed by atoms with van der Waals surface area (Å²) in [5.74, 6) is -1.15. The molecule has 1 amide bonds. The summed E-state index contributed by atoms with van der Waals surface area (Å²) < 4.78 is 35.8.